The van der Waals surface area contributed by atoms with E-state index in [9.17, 15) is 22.8 Å². The smallest absolute Gasteiger partial charge is 0.416 e. The Balaban J connectivity index is 2.65. The van der Waals surface area contributed by atoms with Crippen LogP contribution in [0.15, 0.2) is 24.3 Å². The number of halogens is 3. The molecule has 1 unspecified atom stereocenters. The van der Waals surface area contributed by atoms with Gasteiger partial charge in [-0.25, -0.2) is 4.79 Å². The number of carboxylic acids is 1. The van der Waals surface area contributed by atoms with E-state index in [2.05, 4.69) is 5.32 Å². The summed E-state index contributed by atoms with van der Waals surface area (Å²) < 4.78 is 37.0. The number of carbonyl (C=O) groups is 2. The maximum atomic E-state index is 12.3. The first-order valence-electron chi connectivity index (χ1n) is 5.92. The molecular weight excluding hydrogens is 275 g/mol. The minimum atomic E-state index is -4.42. The van der Waals surface area contributed by atoms with Gasteiger partial charge in [0.1, 0.15) is 6.04 Å². The van der Waals surface area contributed by atoms with E-state index >= 15 is 0 Å². The highest BCUT2D eigenvalue weighted by atomic mass is 19.4. The number of benzene rings is 1. The van der Waals surface area contributed by atoms with Crippen LogP contribution in [0.5, 0.6) is 0 Å². The molecule has 0 aliphatic carbocycles. The van der Waals surface area contributed by atoms with E-state index in [-0.39, 0.29) is 12.8 Å². The number of amides is 1. The van der Waals surface area contributed by atoms with Crippen molar-refractivity contribution in [2.24, 2.45) is 0 Å². The van der Waals surface area contributed by atoms with E-state index in [1.54, 1.807) is 6.92 Å². The van der Waals surface area contributed by atoms with Gasteiger partial charge in [0.25, 0.3) is 0 Å². The van der Waals surface area contributed by atoms with Crippen molar-refractivity contribution in [1.29, 1.82) is 0 Å². The Bertz CT molecular complexity index is 483. The topological polar surface area (TPSA) is 66.4 Å². The maximum Gasteiger partial charge on any atom is 0.416 e. The molecule has 7 heteroatoms. The van der Waals surface area contributed by atoms with Gasteiger partial charge in [-0.05, 0) is 24.1 Å². The number of rotatable bonds is 5. The molecule has 1 atom stereocenters. The molecule has 1 amide bonds. The second-order valence-electron chi connectivity index (χ2n) is 4.24. The third-order valence-electron chi connectivity index (χ3n) is 2.69. The highest BCUT2D eigenvalue weighted by molar-refractivity contribution is 5.84. The quantitative estimate of drug-likeness (QED) is 0.873. The van der Waals surface area contributed by atoms with Crippen molar-refractivity contribution in [1.82, 2.24) is 5.32 Å². The number of carboxylic acid groups (broad SMARTS) is 1. The van der Waals surface area contributed by atoms with Crippen LogP contribution in [-0.4, -0.2) is 23.0 Å². The molecule has 0 spiro atoms. The van der Waals surface area contributed by atoms with Gasteiger partial charge in [0.05, 0.1) is 12.0 Å². The summed E-state index contributed by atoms with van der Waals surface area (Å²) in [6.45, 7) is 1.61. The van der Waals surface area contributed by atoms with Crippen LogP contribution in [0.1, 0.15) is 24.5 Å². The van der Waals surface area contributed by atoms with Gasteiger partial charge < -0.3 is 10.4 Å². The molecule has 1 aromatic carbocycles. The van der Waals surface area contributed by atoms with Crippen LogP contribution >= 0.6 is 0 Å². The van der Waals surface area contributed by atoms with Crippen molar-refractivity contribution in [2.45, 2.75) is 32.0 Å². The Hall–Kier alpha value is -2.05. The number of nitrogens with one attached hydrogen (secondary N) is 1. The summed E-state index contributed by atoms with van der Waals surface area (Å²) >= 11 is 0. The predicted octanol–water partition coefficient (Wildman–Crippen LogP) is 2.23. The zero-order chi connectivity index (χ0) is 15.3. The fraction of sp³-hybridized carbons (Fsp3) is 0.385. The van der Waals surface area contributed by atoms with Crippen LogP contribution < -0.4 is 5.32 Å². The van der Waals surface area contributed by atoms with Gasteiger partial charge >= 0.3 is 12.1 Å². The van der Waals surface area contributed by atoms with E-state index in [0.717, 1.165) is 12.1 Å². The number of aliphatic carboxylic acids is 1. The van der Waals surface area contributed by atoms with Crippen molar-refractivity contribution in [3.8, 4) is 0 Å². The van der Waals surface area contributed by atoms with Crippen molar-refractivity contribution < 1.29 is 27.9 Å². The molecule has 0 aliphatic heterocycles. The third-order valence-corrected chi connectivity index (χ3v) is 2.69. The lowest BCUT2D eigenvalue weighted by molar-refractivity contribution is -0.141. The SMILES string of the molecule is CCC(NC(=O)Cc1ccc(C(F)(F)F)cc1)C(=O)O. The number of alkyl halides is 3. The van der Waals surface area contributed by atoms with Crippen LogP contribution in [0.4, 0.5) is 13.2 Å². The molecule has 0 bridgehead atoms. The second-order valence-corrected chi connectivity index (χ2v) is 4.24. The Morgan fingerprint density at radius 2 is 1.80 bits per heavy atom. The summed E-state index contributed by atoms with van der Waals surface area (Å²) in [7, 11) is 0. The van der Waals surface area contributed by atoms with E-state index in [1.165, 1.54) is 12.1 Å². The van der Waals surface area contributed by atoms with Crippen molar-refractivity contribution >= 4 is 11.9 Å². The highest BCUT2D eigenvalue weighted by Gasteiger charge is 2.30. The van der Waals surface area contributed by atoms with Gasteiger partial charge in [-0.2, -0.15) is 13.2 Å². The van der Waals surface area contributed by atoms with Crippen molar-refractivity contribution in [2.75, 3.05) is 0 Å². The van der Waals surface area contributed by atoms with E-state index in [0.29, 0.717) is 5.56 Å². The summed E-state index contributed by atoms with van der Waals surface area (Å²) in [6, 6.07) is 3.18. The minimum absolute atomic E-state index is 0.165. The zero-order valence-electron chi connectivity index (χ0n) is 10.7. The normalized spacial score (nSPS) is 12.8. The van der Waals surface area contributed by atoms with Gasteiger partial charge in [-0.15, -0.1) is 0 Å². The standard InChI is InChI=1S/C13H14F3NO3/c1-2-10(12(19)20)17-11(18)7-8-3-5-9(6-4-8)13(14,15)16/h3-6,10H,2,7H2,1H3,(H,17,18)(H,19,20). The Morgan fingerprint density at radius 1 is 1.25 bits per heavy atom. The highest BCUT2D eigenvalue weighted by Crippen LogP contribution is 2.29. The first kappa shape index (κ1) is 16.0. The first-order valence-corrected chi connectivity index (χ1v) is 5.92. The molecule has 0 heterocycles. The van der Waals surface area contributed by atoms with Crippen LogP contribution in [0.25, 0.3) is 0 Å². The van der Waals surface area contributed by atoms with Gasteiger partial charge in [-0.1, -0.05) is 19.1 Å². The monoisotopic (exact) mass is 289 g/mol. The number of hydrogen-bond acceptors (Lipinski definition) is 2. The summed E-state index contributed by atoms with van der Waals surface area (Å²) in [6.07, 6.45) is -4.35. The van der Waals surface area contributed by atoms with E-state index in [1.807, 2.05) is 0 Å². The molecule has 1 aromatic rings. The van der Waals surface area contributed by atoms with E-state index < -0.39 is 29.7 Å². The molecule has 20 heavy (non-hydrogen) atoms. The maximum absolute atomic E-state index is 12.3. The lowest BCUT2D eigenvalue weighted by atomic mass is 10.1. The summed E-state index contributed by atoms with van der Waals surface area (Å²) in [5, 5.41) is 11.1. The molecule has 0 saturated heterocycles. The lowest BCUT2D eigenvalue weighted by Gasteiger charge is -2.12. The summed E-state index contributed by atoms with van der Waals surface area (Å²) in [5.74, 6) is -1.69. The molecular formula is C13H14F3NO3. The average molecular weight is 289 g/mol. The molecule has 0 radical (unpaired) electrons. The van der Waals surface area contributed by atoms with E-state index in [4.69, 9.17) is 5.11 Å². The lowest BCUT2D eigenvalue weighted by Crippen LogP contribution is -2.40. The van der Waals surface area contributed by atoms with Crippen LogP contribution in [0, 0.1) is 0 Å². The fourth-order valence-electron chi connectivity index (χ4n) is 1.58. The van der Waals surface area contributed by atoms with Crippen LogP contribution in [0.2, 0.25) is 0 Å². The third kappa shape index (κ3) is 4.56. The van der Waals surface area contributed by atoms with Crippen molar-refractivity contribution in [3.05, 3.63) is 35.4 Å². The predicted molar refractivity (Wildman–Crippen MR) is 65.0 cm³/mol. The summed E-state index contributed by atoms with van der Waals surface area (Å²) in [5.41, 5.74) is -0.408. The molecule has 110 valence electrons. The second kappa shape index (κ2) is 6.40. The first-order chi connectivity index (χ1) is 9.24. The molecule has 0 aliphatic rings. The van der Waals surface area contributed by atoms with Gasteiger partial charge in [0.15, 0.2) is 0 Å². The van der Waals surface area contributed by atoms with Gasteiger partial charge in [0.2, 0.25) is 5.91 Å². The number of carbonyl (C=O) groups excluding carboxylic acids is 1. The molecule has 0 saturated carbocycles. The molecule has 4 nitrogen and oxygen atoms in total. The summed E-state index contributed by atoms with van der Waals surface area (Å²) in [4.78, 5) is 22.3. The van der Waals surface area contributed by atoms with Crippen LogP contribution in [-0.2, 0) is 22.2 Å². The largest absolute Gasteiger partial charge is 0.480 e. The Kier molecular flexibility index (Phi) is 5.12. The fourth-order valence-corrected chi connectivity index (χ4v) is 1.58. The molecule has 2 N–H and O–H groups in total. The van der Waals surface area contributed by atoms with Crippen LogP contribution in [0.3, 0.4) is 0 Å². The minimum Gasteiger partial charge on any atom is -0.480 e. The number of hydrogen-bond donors (Lipinski definition) is 2. The Morgan fingerprint density at radius 3 is 2.20 bits per heavy atom. The molecule has 0 aromatic heterocycles. The van der Waals surface area contributed by atoms with Gasteiger partial charge in [0, 0.05) is 0 Å². The Labute approximate surface area is 113 Å². The zero-order valence-corrected chi connectivity index (χ0v) is 10.7. The average Bonchev–Trinajstić information content (AvgIpc) is 2.35. The molecule has 0 fully saturated rings. The van der Waals surface area contributed by atoms with Gasteiger partial charge in [-0.3, -0.25) is 4.79 Å². The van der Waals surface area contributed by atoms with Crippen molar-refractivity contribution in [3.63, 3.8) is 0 Å². The molecule has 1 rings (SSSR count).